The summed E-state index contributed by atoms with van der Waals surface area (Å²) in [5.74, 6) is -0.0162. The molecule has 5 nitrogen and oxygen atoms in total. The number of benzene rings is 3. The van der Waals surface area contributed by atoms with Gasteiger partial charge in [-0.15, -0.1) is 0 Å². The average molecular weight is 436 g/mol. The van der Waals surface area contributed by atoms with Gasteiger partial charge in [-0.3, -0.25) is 9.59 Å². The van der Waals surface area contributed by atoms with Crippen molar-refractivity contribution in [2.24, 2.45) is 0 Å². The van der Waals surface area contributed by atoms with Gasteiger partial charge < -0.3 is 16.0 Å². The second-order valence-electron chi connectivity index (χ2n) is 7.64. The fraction of sp³-hybridized carbons (Fsp3) is 0.200. The molecule has 0 aliphatic heterocycles. The maximum Gasteiger partial charge on any atom is 0.255 e. The first-order valence-electron chi connectivity index (χ1n) is 10.2. The van der Waals surface area contributed by atoms with Crippen molar-refractivity contribution >= 4 is 40.5 Å². The van der Waals surface area contributed by atoms with Gasteiger partial charge in [-0.25, -0.2) is 0 Å². The molecule has 6 heteroatoms. The van der Waals surface area contributed by atoms with Crippen LogP contribution < -0.4 is 16.0 Å². The van der Waals surface area contributed by atoms with Gasteiger partial charge in [0.15, 0.2) is 0 Å². The maximum absolute atomic E-state index is 12.6. The quantitative estimate of drug-likeness (QED) is 0.416. The lowest BCUT2D eigenvalue weighted by molar-refractivity contribution is -0.116. The second-order valence-corrected chi connectivity index (χ2v) is 8.07. The van der Waals surface area contributed by atoms with Crippen LogP contribution in [0.4, 0.5) is 17.1 Å². The van der Waals surface area contributed by atoms with Crippen LogP contribution in [0.15, 0.2) is 72.8 Å². The number of hydrogen-bond acceptors (Lipinski definition) is 3. The number of rotatable bonds is 7. The Hall–Kier alpha value is -3.31. The van der Waals surface area contributed by atoms with E-state index in [-0.39, 0.29) is 11.8 Å². The van der Waals surface area contributed by atoms with Gasteiger partial charge in [0.25, 0.3) is 5.91 Å². The molecule has 3 aromatic rings. The van der Waals surface area contributed by atoms with Crippen molar-refractivity contribution in [3.63, 3.8) is 0 Å². The summed E-state index contributed by atoms with van der Waals surface area (Å²) in [6.07, 6.45) is 0. The third-order valence-electron chi connectivity index (χ3n) is 4.87. The van der Waals surface area contributed by atoms with Crippen molar-refractivity contribution in [3.8, 4) is 0 Å². The van der Waals surface area contributed by atoms with E-state index in [2.05, 4.69) is 29.8 Å². The van der Waals surface area contributed by atoms with Gasteiger partial charge in [0.1, 0.15) is 6.04 Å². The predicted molar refractivity (Wildman–Crippen MR) is 128 cm³/mol. The molecule has 0 spiro atoms. The molecule has 0 aromatic heterocycles. The van der Waals surface area contributed by atoms with Crippen LogP contribution >= 0.6 is 11.6 Å². The van der Waals surface area contributed by atoms with Crippen molar-refractivity contribution in [1.82, 2.24) is 0 Å². The molecule has 0 aliphatic carbocycles. The molecule has 31 heavy (non-hydrogen) atoms. The summed E-state index contributed by atoms with van der Waals surface area (Å²) in [6, 6.07) is 21.3. The van der Waals surface area contributed by atoms with E-state index in [4.69, 9.17) is 11.6 Å². The summed E-state index contributed by atoms with van der Waals surface area (Å²) < 4.78 is 0. The normalized spacial score (nSPS) is 11.6. The van der Waals surface area contributed by atoms with Crippen LogP contribution in [0.3, 0.4) is 0 Å². The zero-order chi connectivity index (χ0) is 22.4. The SMILES string of the molecule is CC(Nc1ccc(NC(=O)c2ccc(Cl)cc2)cc1)C(=O)Nc1ccccc1C(C)C. The van der Waals surface area contributed by atoms with Crippen LogP contribution in [0.5, 0.6) is 0 Å². The summed E-state index contributed by atoms with van der Waals surface area (Å²) in [5, 5.41) is 9.62. The van der Waals surface area contributed by atoms with E-state index in [1.54, 1.807) is 36.4 Å². The molecule has 3 aromatic carbocycles. The molecule has 3 rings (SSSR count). The lowest BCUT2D eigenvalue weighted by Crippen LogP contribution is -2.32. The van der Waals surface area contributed by atoms with Gasteiger partial charge in [0, 0.05) is 27.6 Å². The van der Waals surface area contributed by atoms with E-state index in [1.165, 1.54) is 0 Å². The predicted octanol–water partition coefficient (Wildman–Crippen LogP) is 6.15. The zero-order valence-electron chi connectivity index (χ0n) is 17.8. The Balaban J connectivity index is 1.58. The molecule has 0 radical (unpaired) electrons. The number of nitrogens with one attached hydrogen (secondary N) is 3. The third kappa shape index (κ3) is 6.09. The highest BCUT2D eigenvalue weighted by atomic mass is 35.5. The Kier molecular flexibility index (Phi) is 7.32. The highest BCUT2D eigenvalue weighted by Gasteiger charge is 2.15. The van der Waals surface area contributed by atoms with E-state index in [1.807, 2.05) is 43.3 Å². The van der Waals surface area contributed by atoms with E-state index in [9.17, 15) is 9.59 Å². The topological polar surface area (TPSA) is 70.2 Å². The number of carbonyl (C=O) groups is 2. The fourth-order valence-electron chi connectivity index (χ4n) is 3.13. The van der Waals surface area contributed by atoms with Crippen LogP contribution in [0.1, 0.15) is 42.6 Å². The van der Waals surface area contributed by atoms with Gasteiger partial charge in [0.2, 0.25) is 5.91 Å². The third-order valence-corrected chi connectivity index (χ3v) is 5.12. The highest BCUT2D eigenvalue weighted by molar-refractivity contribution is 6.30. The summed E-state index contributed by atoms with van der Waals surface area (Å²) in [4.78, 5) is 24.9. The molecular formula is C25H26ClN3O2. The number of amides is 2. The number of halogens is 1. The maximum atomic E-state index is 12.6. The number of anilines is 3. The molecule has 1 atom stereocenters. The van der Waals surface area contributed by atoms with Crippen molar-refractivity contribution in [3.05, 3.63) is 88.9 Å². The standard InChI is InChI=1S/C25H26ClN3O2/c1-16(2)22-6-4-5-7-23(22)29-24(30)17(3)27-20-12-14-21(15-13-20)28-25(31)18-8-10-19(26)11-9-18/h4-17,27H,1-3H3,(H,28,31)(H,29,30). The van der Waals surface area contributed by atoms with Crippen molar-refractivity contribution in [1.29, 1.82) is 0 Å². The molecule has 1 unspecified atom stereocenters. The lowest BCUT2D eigenvalue weighted by atomic mass is 10.0. The minimum Gasteiger partial charge on any atom is -0.374 e. The summed E-state index contributed by atoms with van der Waals surface area (Å²) in [7, 11) is 0. The summed E-state index contributed by atoms with van der Waals surface area (Å²) in [6.45, 7) is 6.00. The fourth-order valence-corrected chi connectivity index (χ4v) is 3.25. The van der Waals surface area contributed by atoms with Gasteiger partial charge >= 0.3 is 0 Å². The van der Waals surface area contributed by atoms with Crippen molar-refractivity contribution in [2.45, 2.75) is 32.7 Å². The van der Waals surface area contributed by atoms with E-state index < -0.39 is 6.04 Å². The monoisotopic (exact) mass is 435 g/mol. The van der Waals surface area contributed by atoms with Gasteiger partial charge in [0.05, 0.1) is 0 Å². The molecule has 2 amide bonds. The molecule has 0 heterocycles. The van der Waals surface area contributed by atoms with Crippen LogP contribution in [0.2, 0.25) is 5.02 Å². The van der Waals surface area contributed by atoms with E-state index in [0.29, 0.717) is 22.2 Å². The van der Waals surface area contributed by atoms with Crippen LogP contribution in [0.25, 0.3) is 0 Å². The zero-order valence-corrected chi connectivity index (χ0v) is 18.5. The van der Waals surface area contributed by atoms with E-state index in [0.717, 1.165) is 16.9 Å². The van der Waals surface area contributed by atoms with Crippen LogP contribution in [0, 0.1) is 0 Å². The second kappa shape index (κ2) is 10.1. The Morgan fingerprint density at radius 1 is 0.774 bits per heavy atom. The number of hydrogen-bond donors (Lipinski definition) is 3. The minimum atomic E-state index is -0.435. The first-order chi connectivity index (χ1) is 14.8. The first-order valence-corrected chi connectivity index (χ1v) is 10.5. The Morgan fingerprint density at radius 2 is 1.39 bits per heavy atom. The van der Waals surface area contributed by atoms with Gasteiger partial charge in [-0.05, 0) is 73.0 Å². The highest BCUT2D eigenvalue weighted by Crippen LogP contribution is 2.24. The molecule has 0 fully saturated rings. The lowest BCUT2D eigenvalue weighted by Gasteiger charge is -2.18. The summed E-state index contributed by atoms with van der Waals surface area (Å²) >= 11 is 5.86. The molecule has 0 aliphatic rings. The largest absolute Gasteiger partial charge is 0.374 e. The smallest absolute Gasteiger partial charge is 0.255 e. The Bertz CT molecular complexity index is 1050. The molecule has 0 saturated heterocycles. The Labute approximate surface area is 187 Å². The van der Waals surface area contributed by atoms with Crippen LogP contribution in [-0.4, -0.2) is 17.9 Å². The minimum absolute atomic E-state index is 0.117. The summed E-state index contributed by atoms with van der Waals surface area (Å²) in [5.41, 5.74) is 3.90. The molecule has 160 valence electrons. The molecule has 0 bridgehead atoms. The van der Waals surface area contributed by atoms with Crippen LogP contribution in [-0.2, 0) is 4.79 Å². The number of carbonyl (C=O) groups excluding carboxylic acids is 2. The first kappa shape index (κ1) is 22.4. The average Bonchev–Trinajstić information content (AvgIpc) is 2.75. The van der Waals surface area contributed by atoms with Crippen molar-refractivity contribution < 1.29 is 9.59 Å². The van der Waals surface area contributed by atoms with E-state index >= 15 is 0 Å². The number of para-hydroxylation sites is 1. The van der Waals surface area contributed by atoms with Gasteiger partial charge in [-0.1, -0.05) is 43.6 Å². The van der Waals surface area contributed by atoms with Gasteiger partial charge in [-0.2, -0.15) is 0 Å². The molecule has 3 N–H and O–H groups in total. The Morgan fingerprint density at radius 3 is 2.03 bits per heavy atom. The molecule has 0 saturated carbocycles. The van der Waals surface area contributed by atoms with Crippen molar-refractivity contribution in [2.75, 3.05) is 16.0 Å². The molecular weight excluding hydrogens is 410 g/mol.